The quantitative estimate of drug-likeness (QED) is 0.916. The van der Waals surface area contributed by atoms with Crippen LogP contribution in [0.5, 0.6) is 0 Å². The van der Waals surface area contributed by atoms with Gasteiger partial charge in [0.2, 0.25) is 0 Å². The highest BCUT2D eigenvalue weighted by molar-refractivity contribution is 9.10. The molecule has 0 aliphatic heterocycles. The smallest absolute Gasteiger partial charge is 0.0917 e. The fourth-order valence-corrected chi connectivity index (χ4v) is 2.68. The second kappa shape index (κ2) is 4.64. The van der Waals surface area contributed by atoms with Crippen molar-refractivity contribution in [2.45, 2.75) is 13.8 Å². The first-order valence-electron chi connectivity index (χ1n) is 4.60. The Kier molecular flexibility index (Phi) is 3.98. The first-order valence-corrected chi connectivity index (χ1v) is 6.27. The van der Waals surface area contributed by atoms with E-state index in [-0.39, 0.29) is 5.41 Å². The summed E-state index contributed by atoms with van der Waals surface area (Å²) in [5.41, 5.74) is 5.88. The highest BCUT2D eigenvalue weighted by Crippen LogP contribution is 2.29. The van der Waals surface area contributed by atoms with Crippen LogP contribution in [0.25, 0.3) is 0 Å². The van der Waals surface area contributed by atoms with Crippen molar-refractivity contribution in [3.8, 4) is 0 Å². The van der Waals surface area contributed by atoms with Gasteiger partial charge in [0.15, 0.2) is 0 Å². The minimum absolute atomic E-state index is 0.172. The summed E-state index contributed by atoms with van der Waals surface area (Å²) in [6.45, 7) is 6.07. The number of thiophene rings is 1. The second-order valence-corrected chi connectivity index (χ2v) is 6.13. The van der Waals surface area contributed by atoms with Crippen molar-refractivity contribution < 1.29 is 0 Å². The average molecular weight is 277 g/mol. The van der Waals surface area contributed by atoms with Crippen LogP contribution < -0.4 is 10.6 Å². The van der Waals surface area contributed by atoms with Gasteiger partial charge in [-0.1, -0.05) is 13.8 Å². The number of rotatable bonds is 4. The predicted molar refractivity (Wildman–Crippen MR) is 68.1 cm³/mol. The number of hydrogen-bond acceptors (Lipinski definition) is 3. The van der Waals surface area contributed by atoms with Crippen molar-refractivity contribution in [2.24, 2.45) is 11.1 Å². The monoisotopic (exact) mass is 276 g/mol. The topological polar surface area (TPSA) is 29.3 Å². The standard InChI is InChI=1S/C10H17BrN2S/c1-10(2,6-12)7-13(3)9-4-8(11)5-14-9/h4-5H,6-7,12H2,1-3H3. The Balaban J connectivity index is 2.63. The molecular weight excluding hydrogens is 260 g/mol. The van der Waals surface area contributed by atoms with E-state index in [4.69, 9.17) is 5.73 Å². The zero-order valence-corrected chi connectivity index (χ0v) is 11.3. The van der Waals surface area contributed by atoms with Crippen molar-refractivity contribution in [1.29, 1.82) is 0 Å². The van der Waals surface area contributed by atoms with Gasteiger partial charge < -0.3 is 10.6 Å². The lowest BCUT2D eigenvalue weighted by Gasteiger charge is -2.29. The number of hydrogen-bond donors (Lipinski definition) is 1. The molecule has 1 aromatic rings. The van der Waals surface area contributed by atoms with Crippen molar-refractivity contribution in [2.75, 3.05) is 25.0 Å². The van der Waals surface area contributed by atoms with Crippen molar-refractivity contribution >= 4 is 32.3 Å². The van der Waals surface area contributed by atoms with Gasteiger partial charge in [0.05, 0.1) is 5.00 Å². The fourth-order valence-electron chi connectivity index (χ4n) is 1.29. The van der Waals surface area contributed by atoms with Crippen LogP contribution in [0.2, 0.25) is 0 Å². The van der Waals surface area contributed by atoms with Crippen molar-refractivity contribution in [3.05, 3.63) is 15.9 Å². The molecule has 0 spiro atoms. The molecule has 14 heavy (non-hydrogen) atoms. The molecule has 0 atom stereocenters. The normalized spacial score (nSPS) is 11.8. The molecule has 0 radical (unpaired) electrons. The van der Waals surface area contributed by atoms with Gasteiger partial charge in [-0.15, -0.1) is 11.3 Å². The maximum absolute atomic E-state index is 5.71. The molecule has 1 aromatic heterocycles. The van der Waals surface area contributed by atoms with Gasteiger partial charge in [-0.05, 0) is 34.0 Å². The first kappa shape index (κ1) is 12.0. The van der Waals surface area contributed by atoms with Gasteiger partial charge in [-0.2, -0.15) is 0 Å². The molecule has 0 aliphatic carbocycles. The zero-order chi connectivity index (χ0) is 10.8. The maximum Gasteiger partial charge on any atom is 0.0917 e. The third kappa shape index (κ3) is 3.26. The van der Waals surface area contributed by atoms with Gasteiger partial charge in [-0.3, -0.25) is 0 Å². The lowest BCUT2D eigenvalue weighted by Crippen LogP contribution is -2.36. The molecule has 0 aliphatic rings. The summed E-state index contributed by atoms with van der Waals surface area (Å²) in [6, 6.07) is 2.14. The minimum Gasteiger partial charge on any atom is -0.366 e. The van der Waals surface area contributed by atoms with Crippen LogP contribution in [0.3, 0.4) is 0 Å². The van der Waals surface area contributed by atoms with Gasteiger partial charge in [0.1, 0.15) is 0 Å². The molecule has 2 nitrogen and oxygen atoms in total. The molecule has 4 heteroatoms. The highest BCUT2D eigenvalue weighted by atomic mass is 79.9. The fraction of sp³-hybridized carbons (Fsp3) is 0.600. The summed E-state index contributed by atoms with van der Waals surface area (Å²) >= 11 is 5.20. The Bertz CT molecular complexity index is 296. The van der Waals surface area contributed by atoms with E-state index in [1.54, 1.807) is 11.3 Å². The van der Waals surface area contributed by atoms with Gasteiger partial charge >= 0.3 is 0 Å². The molecule has 0 saturated carbocycles. The molecule has 80 valence electrons. The largest absolute Gasteiger partial charge is 0.366 e. The average Bonchev–Trinajstić information content (AvgIpc) is 2.51. The van der Waals surface area contributed by atoms with Crippen LogP contribution >= 0.6 is 27.3 Å². The van der Waals surface area contributed by atoms with Crippen molar-refractivity contribution in [3.63, 3.8) is 0 Å². The van der Waals surface area contributed by atoms with Crippen molar-refractivity contribution in [1.82, 2.24) is 0 Å². The minimum atomic E-state index is 0.172. The van der Waals surface area contributed by atoms with E-state index in [2.05, 4.69) is 53.2 Å². The predicted octanol–water partition coefficient (Wildman–Crippen LogP) is 2.93. The maximum atomic E-state index is 5.71. The second-order valence-electron chi connectivity index (χ2n) is 4.33. The summed E-state index contributed by atoms with van der Waals surface area (Å²) in [5, 5.41) is 3.37. The van der Waals surface area contributed by atoms with Crippen LogP contribution in [0.1, 0.15) is 13.8 Å². The van der Waals surface area contributed by atoms with Gasteiger partial charge in [-0.25, -0.2) is 0 Å². The van der Waals surface area contributed by atoms with Gasteiger partial charge in [0.25, 0.3) is 0 Å². The van der Waals surface area contributed by atoms with E-state index >= 15 is 0 Å². The Morgan fingerprint density at radius 1 is 1.57 bits per heavy atom. The van der Waals surface area contributed by atoms with E-state index < -0.39 is 0 Å². The number of anilines is 1. The Labute approximate surface area is 98.2 Å². The summed E-state index contributed by atoms with van der Waals surface area (Å²) in [4.78, 5) is 2.25. The molecule has 1 rings (SSSR count). The molecule has 0 saturated heterocycles. The lowest BCUT2D eigenvalue weighted by atomic mass is 9.93. The Morgan fingerprint density at radius 2 is 2.21 bits per heavy atom. The van der Waals surface area contributed by atoms with Crippen LogP contribution in [0.15, 0.2) is 15.9 Å². The third-order valence-corrected chi connectivity index (χ3v) is 3.95. The van der Waals surface area contributed by atoms with E-state index in [0.717, 1.165) is 11.0 Å². The molecule has 0 amide bonds. The summed E-state index contributed by atoms with van der Waals surface area (Å²) in [7, 11) is 2.11. The number of halogens is 1. The van der Waals surface area contributed by atoms with E-state index in [1.807, 2.05) is 0 Å². The number of nitrogens with zero attached hydrogens (tertiary/aromatic N) is 1. The number of nitrogens with two attached hydrogens (primary N) is 1. The van der Waals surface area contributed by atoms with Crippen LogP contribution in [-0.2, 0) is 0 Å². The van der Waals surface area contributed by atoms with E-state index in [0.29, 0.717) is 6.54 Å². The van der Waals surface area contributed by atoms with Gasteiger partial charge in [0, 0.05) is 23.4 Å². The zero-order valence-electron chi connectivity index (χ0n) is 8.88. The molecule has 0 bridgehead atoms. The summed E-state index contributed by atoms with van der Waals surface area (Å²) in [5.74, 6) is 0. The van der Waals surface area contributed by atoms with Crippen LogP contribution in [-0.4, -0.2) is 20.1 Å². The Hall–Kier alpha value is -0.0600. The van der Waals surface area contributed by atoms with Crippen LogP contribution in [0.4, 0.5) is 5.00 Å². The summed E-state index contributed by atoms with van der Waals surface area (Å²) < 4.78 is 1.15. The molecular formula is C10H17BrN2S. The summed E-state index contributed by atoms with van der Waals surface area (Å²) in [6.07, 6.45) is 0. The molecule has 2 N–H and O–H groups in total. The molecule has 0 fully saturated rings. The SMILES string of the molecule is CN(CC(C)(C)CN)c1cc(Br)cs1. The van der Waals surface area contributed by atoms with Crippen LogP contribution in [0, 0.1) is 5.41 Å². The first-order chi connectivity index (χ1) is 6.44. The molecule has 0 unspecified atom stereocenters. The third-order valence-electron chi connectivity index (χ3n) is 2.15. The lowest BCUT2D eigenvalue weighted by molar-refractivity contribution is 0.386. The molecule has 1 heterocycles. The highest BCUT2D eigenvalue weighted by Gasteiger charge is 2.18. The van der Waals surface area contributed by atoms with E-state index in [1.165, 1.54) is 5.00 Å². The Morgan fingerprint density at radius 3 is 2.64 bits per heavy atom. The molecule has 0 aromatic carbocycles. The van der Waals surface area contributed by atoms with E-state index in [9.17, 15) is 0 Å².